The summed E-state index contributed by atoms with van der Waals surface area (Å²) in [5.41, 5.74) is 1.32. The average Bonchev–Trinajstić information content (AvgIpc) is 3.30. The molecule has 1 aliphatic heterocycles. The van der Waals surface area contributed by atoms with Gasteiger partial charge in [-0.15, -0.1) is 0 Å². The third-order valence-corrected chi connectivity index (χ3v) is 5.34. The van der Waals surface area contributed by atoms with Gasteiger partial charge >= 0.3 is 5.97 Å². The van der Waals surface area contributed by atoms with E-state index in [2.05, 4.69) is 15.3 Å². The predicted octanol–water partition coefficient (Wildman–Crippen LogP) is 2.56. The number of nitrogens with zero attached hydrogens (tertiary/aromatic N) is 1. The molecule has 2 aromatic rings. The highest BCUT2D eigenvalue weighted by Crippen LogP contribution is 2.30. The van der Waals surface area contributed by atoms with E-state index in [9.17, 15) is 9.59 Å². The van der Waals surface area contributed by atoms with Crippen LogP contribution in [0.4, 0.5) is 0 Å². The Labute approximate surface area is 174 Å². The number of carbonyl (C=O) groups excluding carboxylic acids is 2. The van der Waals surface area contributed by atoms with Crippen molar-refractivity contribution in [1.82, 2.24) is 15.3 Å². The fraction of sp³-hybridized carbons (Fsp3) is 0.409. The summed E-state index contributed by atoms with van der Waals surface area (Å²) in [6.45, 7) is -0.0559. The van der Waals surface area contributed by atoms with Crippen LogP contribution in [0.1, 0.15) is 44.1 Å². The second-order valence-corrected chi connectivity index (χ2v) is 7.48. The molecule has 0 aromatic carbocycles. The molecule has 1 fully saturated rings. The largest absolute Gasteiger partial charge is 0.462 e. The zero-order chi connectivity index (χ0) is 20.9. The molecule has 0 atom stereocenters. The highest BCUT2D eigenvalue weighted by molar-refractivity contribution is 6.26. The van der Waals surface area contributed by atoms with Crippen molar-refractivity contribution in [2.75, 3.05) is 13.2 Å². The topological polar surface area (TPSA) is 114 Å². The van der Waals surface area contributed by atoms with E-state index in [0.29, 0.717) is 12.1 Å². The maximum absolute atomic E-state index is 13.0. The molecule has 3 heterocycles. The third-order valence-electron chi connectivity index (χ3n) is 5.34. The first kappa shape index (κ1) is 20.2. The SMILES string of the molecule is O=C(OCCCO)C1=C(NC2CCCCC2)OC(=Cc2c[nH]c3ncccc23)C1=O. The van der Waals surface area contributed by atoms with Crippen LogP contribution in [0.15, 0.2) is 41.7 Å². The van der Waals surface area contributed by atoms with Crippen LogP contribution in [-0.4, -0.2) is 46.1 Å². The summed E-state index contributed by atoms with van der Waals surface area (Å²) in [7, 11) is 0. The van der Waals surface area contributed by atoms with Crippen LogP contribution in [0.25, 0.3) is 17.1 Å². The van der Waals surface area contributed by atoms with Crippen LogP contribution in [0.3, 0.4) is 0 Å². The molecule has 8 heteroatoms. The lowest BCUT2D eigenvalue weighted by atomic mass is 9.95. The van der Waals surface area contributed by atoms with Gasteiger partial charge in [0, 0.05) is 42.4 Å². The number of esters is 1. The smallest absolute Gasteiger partial charge is 0.347 e. The van der Waals surface area contributed by atoms with Gasteiger partial charge in [0.2, 0.25) is 11.7 Å². The minimum absolute atomic E-state index is 0.0377. The molecular formula is C22H25N3O5. The Hall–Kier alpha value is -3.13. The van der Waals surface area contributed by atoms with Crippen LogP contribution < -0.4 is 5.32 Å². The summed E-state index contributed by atoms with van der Waals surface area (Å²) < 4.78 is 11.0. The van der Waals surface area contributed by atoms with E-state index in [1.165, 1.54) is 6.42 Å². The van der Waals surface area contributed by atoms with Crippen LogP contribution in [0, 0.1) is 0 Å². The number of rotatable bonds is 7. The summed E-state index contributed by atoms with van der Waals surface area (Å²) in [4.78, 5) is 32.9. The van der Waals surface area contributed by atoms with E-state index in [1.807, 2.05) is 12.1 Å². The van der Waals surface area contributed by atoms with E-state index >= 15 is 0 Å². The lowest BCUT2D eigenvalue weighted by Gasteiger charge is -2.24. The number of aliphatic hydroxyl groups is 1. The second-order valence-electron chi connectivity index (χ2n) is 7.48. The number of fused-ring (bicyclic) bond motifs is 1. The van der Waals surface area contributed by atoms with Gasteiger partial charge in [0.1, 0.15) is 5.65 Å². The monoisotopic (exact) mass is 411 g/mol. The summed E-state index contributed by atoms with van der Waals surface area (Å²) >= 11 is 0. The fourth-order valence-corrected chi connectivity index (χ4v) is 3.79. The summed E-state index contributed by atoms with van der Waals surface area (Å²) in [6, 6.07) is 3.86. The zero-order valence-corrected chi connectivity index (χ0v) is 16.6. The van der Waals surface area contributed by atoms with E-state index in [4.69, 9.17) is 14.6 Å². The Balaban J connectivity index is 1.60. The van der Waals surface area contributed by atoms with Crippen LogP contribution in [-0.2, 0) is 19.1 Å². The number of hydrogen-bond acceptors (Lipinski definition) is 7. The van der Waals surface area contributed by atoms with Gasteiger partial charge in [-0.05, 0) is 31.1 Å². The highest BCUT2D eigenvalue weighted by atomic mass is 16.5. The first-order valence-electron chi connectivity index (χ1n) is 10.3. The normalized spacial score (nSPS) is 18.8. The maximum Gasteiger partial charge on any atom is 0.347 e. The van der Waals surface area contributed by atoms with Gasteiger partial charge in [0.15, 0.2) is 11.3 Å². The summed E-state index contributed by atoms with van der Waals surface area (Å²) in [5.74, 6) is -1.03. The van der Waals surface area contributed by atoms with E-state index in [0.717, 1.165) is 36.6 Å². The minimum Gasteiger partial charge on any atom is -0.462 e. The number of carbonyl (C=O) groups is 2. The molecule has 1 aliphatic carbocycles. The number of ether oxygens (including phenoxy) is 2. The van der Waals surface area contributed by atoms with Gasteiger partial charge in [-0.1, -0.05) is 19.3 Å². The van der Waals surface area contributed by atoms with Gasteiger partial charge in [0.05, 0.1) is 6.61 Å². The number of aromatic nitrogens is 2. The van der Waals surface area contributed by atoms with Crippen molar-refractivity contribution in [2.45, 2.75) is 44.6 Å². The Morgan fingerprint density at radius 2 is 2.20 bits per heavy atom. The van der Waals surface area contributed by atoms with Crippen LogP contribution >= 0.6 is 0 Å². The van der Waals surface area contributed by atoms with Crippen molar-refractivity contribution in [3.05, 3.63) is 47.3 Å². The quantitative estimate of drug-likeness (QED) is 0.278. The number of nitrogens with one attached hydrogen (secondary N) is 2. The standard InChI is InChI=1S/C22H25N3O5/c26-10-5-11-29-22(28)18-19(27)17(30-21(18)25-15-6-2-1-3-7-15)12-14-13-24-20-16(14)8-4-9-23-20/h4,8-9,12-13,15,25-26H,1-3,5-7,10-11H2,(H,23,24). The first-order chi connectivity index (χ1) is 14.7. The molecule has 2 aromatic heterocycles. The van der Waals surface area contributed by atoms with Crippen molar-refractivity contribution in [2.24, 2.45) is 0 Å². The Bertz CT molecular complexity index is 1000. The number of pyridine rings is 1. The molecule has 4 rings (SSSR count). The molecule has 0 unspecified atom stereocenters. The molecular weight excluding hydrogens is 386 g/mol. The molecule has 158 valence electrons. The van der Waals surface area contributed by atoms with Crippen LogP contribution in [0.2, 0.25) is 0 Å². The Kier molecular flexibility index (Phi) is 6.13. The molecule has 0 saturated heterocycles. The Morgan fingerprint density at radius 3 is 3.00 bits per heavy atom. The maximum atomic E-state index is 13.0. The third kappa shape index (κ3) is 4.23. The van der Waals surface area contributed by atoms with Gasteiger partial charge in [-0.3, -0.25) is 4.79 Å². The molecule has 8 nitrogen and oxygen atoms in total. The van der Waals surface area contributed by atoms with Gasteiger partial charge in [-0.25, -0.2) is 9.78 Å². The van der Waals surface area contributed by atoms with Crippen molar-refractivity contribution in [3.63, 3.8) is 0 Å². The molecule has 0 bridgehead atoms. The van der Waals surface area contributed by atoms with Crippen molar-refractivity contribution >= 4 is 28.9 Å². The molecule has 3 N–H and O–H groups in total. The lowest BCUT2D eigenvalue weighted by molar-refractivity contribution is -0.140. The van der Waals surface area contributed by atoms with E-state index in [-0.39, 0.29) is 36.5 Å². The molecule has 2 aliphatic rings. The summed E-state index contributed by atoms with van der Waals surface area (Å²) in [6.07, 6.45) is 10.6. The number of allylic oxidation sites excluding steroid dienone is 1. The molecule has 0 spiro atoms. The number of hydrogen-bond donors (Lipinski definition) is 3. The number of ketones is 1. The van der Waals surface area contributed by atoms with E-state index in [1.54, 1.807) is 18.5 Å². The van der Waals surface area contributed by atoms with Gasteiger partial charge in [-0.2, -0.15) is 0 Å². The van der Waals surface area contributed by atoms with E-state index < -0.39 is 11.8 Å². The van der Waals surface area contributed by atoms with Crippen molar-refractivity contribution in [1.29, 1.82) is 0 Å². The Morgan fingerprint density at radius 1 is 1.37 bits per heavy atom. The van der Waals surface area contributed by atoms with Gasteiger partial charge in [0.25, 0.3) is 0 Å². The first-order valence-corrected chi connectivity index (χ1v) is 10.3. The highest BCUT2D eigenvalue weighted by Gasteiger charge is 2.38. The second kappa shape index (κ2) is 9.13. The van der Waals surface area contributed by atoms with Crippen molar-refractivity contribution < 1.29 is 24.2 Å². The lowest BCUT2D eigenvalue weighted by Crippen LogP contribution is -2.32. The number of H-pyrrole nitrogens is 1. The molecule has 0 radical (unpaired) electrons. The zero-order valence-electron chi connectivity index (χ0n) is 16.6. The average molecular weight is 411 g/mol. The number of aliphatic hydroxyl groups excluding tert-OH is 1. The minimum atomic E-state index is -0.740. The predicted molar refractivity (Wildman–Crippen MR) is 110 cm³/mol. The van der Waals surface area contributed by atoms with Gasteiger partial charge < -0.3 is 24.9 Å². The molecule has 0 amide bonds. The number of aromatic amines is 1. The van der Waals surface area contributed by atoms with Crippen LogP contribution in [0.5, 0.6) is 0 Å². The number of Topliss-reactive ketones (excluding diaryl/α,β-unsaturated/α-hetero) is 1. The van der Waals surface area contributed by atoms with Crippen molar-refractivity contribution in [3.8, 4) is 0 Å². The summed E-state index contributed by atoms with van der Waals surface area (Å²) in [5, 5.41) is 13.0. The molecule has 1 saturated carbocycles. The molecule has 30 heavy (non-hydrogen) atoms. The fourth-order valence-electron chi connectivity index (χ4n) is 3.79.